The number of urea groups is 1. The molecule has 2 heterocycles. The van der Waals surface area contributed by atoms with Crippen molar-refractivity contribution < 1.29 is 14.1 Å². The Hall–Kier alpha value is -2.50. The van der Waals surface area contributed by atoms with Crippen LogP contribution >= 0.6 is 0 Å². The summed E-state index contributed by atoms with van der Waals surface area (Å²) in [5.41, 5.74) is 2.03. The number of hydrogen-bond donors (Lipinski definition) is 2. The zero-order chi connectivity index (χ0) is 17.1. The number of para-hydroxylation sites is 1. The summed E-state index contributed by atoms with van der Waals surface area (Å²) in [6, 6.07) is 9.56. The first kappa shape index (κ1) is 16.4. The van der Waals surface area contributed by atoms with Crippen molar-refractivity contribution in [3.63, 3.8) is 0 Å². The van der Waals surface area contributed by atoms with Crippen LogP contribution in [0.25, 0.3) is 0 Å². The van der Waals surface area contributed by atoms with Gasteiger partial charge in [0.15, 0.2) is 5.76 Å². The number of nitrogens with one attached hydrogen (secondary N) is 2. The Morgan fingerprint density at radius 3 is 2.88 bits per heavy atom. The SMILES string of the molecule is CC(C)c1cc(CNC(=O)N[C@@H](C)[C@H]2COc3ccccc32)on1. The van der Waals surface area contributed by atoms with Gasteiger partial charge in [-0.25, -0.2) is 4.79 Å². The molecule has 6 nitrogen and oxygen atoms in total. The fourth-order valence-electron chi connectivity index (χ4n) is 2.81. The van der Waals surface area contributed by atoms with Crippen LogP contribution in [0.3, 0.4) is 0 Å². The van der Waals surface area contributed by atoms with Crippen molar-refractivity contribution >= 4 is 6.03 Å². The summed E-state index contributed by atoms with van der Waals surface area (Å²) in [5.74, 6) is 2.01. The van der Waals surface area contributed by atoms with E-state index in [-0.39, 0.29) is 18.0 Å². The summed E-state index contributed by atoms with van der Waals surface area (Å²) >= 11 is 0. The van der Waals surface area contributed by atoms with Gasteiger partial charge in [0.1, 0.15) is 5.75 Å². The highest BCUT2D eigenvalue weighted by molar-refractivity contribution is 5.74. The number of amides is 2. The Kier molecular flexibility index (Phi) is 4.74. The van der Waals surface area contributed by atoms with E-state index in [1.807, 2.05) is 51.1 Å². The van der Waals surface area contributed by atoms with Crippen LogP contribution in [0.2, 0.25) is 0 Å². The van der Waals surface area contributed by atoms with Crippen molar-refractivity contribution in [2.24, 2.45) is 0 Å². The van der Waals surface area contributed by atoms with Gasteiger partial charge >= 0.3 is 6.03 Å². The maximum atomic E-state index is 12.1. The van der Waals surface area contributed by atoms with Gasteiger partial charge in [-0.05, 0) is 18.9 Å². The third-order valence-electron chi connectivity index (χ3n) is 4.29. The second-order valence-electron chi connectivity index (χ2n) is 6.44. The van der Waals surface area contributed by atoms with E-state index in [4.69, 9.17) is 9.26 Å². The first-order chi connectivity index (χ1) is 11.5. The molecule has 0 bridgehead atoms. The minimum Gasteiger partial charge on any atom is -0.493 e. The maximum Gasteiger partial charge on any atom is 0.315 e. The molecule has 2 N–H and O–H groups in total. The molecule has 0 spiro atoms. The van der Waals surface area contributed by atoms with Crippen molar-refractivity contribution in [2.45, 2.75) is 45.2 Å². The lowest BCUT2D eigenvalue weighted by molar-refractivity contribution is 0.231. The summed E-state index contributed by atoms with van der Waals surface area (Å²) in [6.07, 6.45) is 0. The minimum absolute atomic E-state index is 0.0328. The monoisotopic (exact) mass is 329 g/mol. The molecule has 0 unspecified atom stereocenters. The molecule has 2 amide bonds. The number of nitrogens with zero attached hydrogens (tertiary/aromatic N) is 1. The number of fused-ring (bicyclic) bond motifs is 1. The van der Waals surface area contributed by atoms with Crippen LogP contribution in [0.1, 0.15) is 49.6 Å². The lowest BCUT2D eigenvalue weighted by Gasteiger charge is -2.20. The summed E-state index contributed by atoms with van der Waals surface area (Å²) in [5, 5.41) is 9.75. The Balaban J connectivity index is 1.51. The molecule has 1 aromatic heterocycles. The highest BCUT2D eigenvalue weighted by Crippen LogP contribution is 2.35. The summed E-state index contributed by atoms with van der Waals surface area (Å²) < 4.78 is 10.9. The van der Waals surface area contributed by atoms with Crippen LogP contribution in [-0.2, 0) is 6.54 Å². The average molecular weight is 329 g/mol. The first-order valence-corrected chi connectivity index (χ1v) is 8.26. The molecule has 6 heteroatoms. The molecule has 1 aromatic carbocycles. The molecule has 24 heavy (non-hydrogen) atoms. The van der Waals surface area contributed by atoms with Crippen LogP contribution in [0.4, 0.5) is 4.79 Å². The van der Waals surface area contributed by atoms with Gasteiger partial charge in [-0.1, -0.05) is 37.2 Å². The van der Waals surface area contributed by atoms with Gasteiger partial charge in [-0.15, -0.1) is 0 Å². The Morgan fingerprint density at radius 2 is 2.12 bits per heavy atom. The average Bonchev–Trinajstić information content (AvgIpc) is 3.20. The van der Waals surface area contributed by atoms with Crippen LogP contribution in [0.5, 0.6) is 5.75 Å². The molecule has 2 atom stereocenters. The predicted octanol–water partition coefficient (Wildman–Crippen LogP) is 3.16. The Labute approximate surface area is 141 Å². The molecule has 0 fully saturated rings. The highest BCUT2D eigenvalue weighted by Gasteiger charge is 2.29. The van der Waals surface area contributed by atoms with Gasteiger partial charge in [0.05, 0.1) is 18.8 Å². The van der Waals surface area contributed by atoms with E-state index < -0.39 is 0 Å². The lowest BCUT2D eigenvalue weighted by Crippen LogP contribution is -2.43. The second kappa shape index (κ2) is 6.95. The van der Waals surface area contributed by atoms with E-state index >= 15 is 0 Å². The molecule has 0 saturated heterocycles. The van der Waals surface area contributed by atoms with Crippen LogP contribution in [0, 0.1) is 0 Å². The zero-order valence-corrected chi connectivity index (χ0v) is 14.2. The van der Waals surface area contributed by atoms with E-state index in [1.165, 1.54) is 0 Å². The molecule has 3 rings (SSSR count). The third kappa shape index (κ3) is 3.53. The summed E-state index contributed by atoms with van der Waals surface area (Å²) in [7, 11) is 0. The number of benzene rings is 1. The number of carbonyl (C=O) groups excluding carboxylic acids is 1. The number of aromatic nitrogens is 1. The van der Waals surface area contributed by atoms with Crippen molar-refractivity contribution in [3.8, 4) is 5.75 Å². The number of hydrogen-bond acceptors (Lipinski definition) is 4. The number of carbonyl (C=O) groups is 1. The second-order valence-corrected chi connectivity index (χ2v) is 6.44. The zero-order valence-electron chi connectivity index (χ0n) is 14.2. The van der Waals surface area contributed by atoms with Crippen molar-refractivity contribution in [3.05, 3.63) is 47.3 Å². The minimum atomic E-state index is -0.227. The van der Waals surface area contributed by atoms with E-state index in [2.05, 4.69) is 15.8 Å². The number of ether oxygens (including phenoxy) is 1. The van der Waals surface area contributed by atoms with Crippen molar-refractivity contribution in [1.29, 1.82) is 0 Å². The van der Waals surface area contributed by atoms with Crippen molar-refractivity contribution in [1.82, 2.24) is 15.8 Å². The van der Waals surface area contributed by atoms with Gasteiger partial charge in [-0.2, -0.15) is 0 Å². The summed E-state index contributed by atoms with van der Waals surface area (Å²) in [6.45, 7) is 6.98. The molecule has 128 valence electrons. The first-order valence-electron chi connectivity index (χ1n) is 8.26. The smallest absolute Gasteiger partial charge is 0.315 e. The highest BCUT2D eigenvalue weighted by atomic mass is 16.5. The van der Waals surface area contributed by atoms with Gasteiger partial charge in [0.25, 0.3) is 0 Å². The largest absolute Gasteiger partial charge is 0.493 e. The van der Waals surface area contributed by atoms with E-state index in [9.17, 15) is 4.79 Å². The predicted molar refractivity (Wildman–Crippen MR) is 90.1 cm³/mol. The Morgan fingerprint density at radius 1 is 1.33 bits per heavy atom. The third-order valence-corrected chi connectivity index (χ3v) is 4.29. The standard InChI is InChI=1S/C18H23N3O3/c1-11(2)16-8-13(24-21-16)9-19-18(22)20-12(3)15-10-23-17-7-5-4-6-14(15)17/h4-8,11-12,15H,9-10H2,1-3H3,(H2,19,20,22)/t12-,15+/m0/s1. The molecule has 0 radical (unpaired) electrons. The summed E-state index contributed by atoms with van der Waals surface area (Å²) in [4.78, 5) is 12.1. The fraction of sp³-hybridized carbons (Fsp3) is 0.444. The Bertz CT molecular complexity index is 711. The molecule has 1 aliphatic rings. The number of rotatable bonds is 5. The van der Waals surface area contributed by atoms with Crippen LogP contribution < -0.4 is 15.4 Å². The molecule has 1 aliphatic heterocycles. The normalized spacial score (nSPS) is 17.2. The molecule has 0 saturated carbocycles. The van der Waals surface area contributed by atoms with Gasteiger partial charge in [0.2, 0.25) is 0 Å². The van der Waals surface area contributed by atoms with E-state index in [1.54, 1.807) is 0 Å². The quantitative estimate of drug-likeness (QED) is 0.883. The molecule has 2 aromatic rings. The van der Waals surface area contributed by atoms with Gasteiger partial charge < -0.3 is 19.9 Å². The van der Waals surface area contributed by atoms with Gasteiger partial charge in [0, 0.05) is 23.6 Å². The van der Waals surface area contributed by atoms with Crippen molar-refractivity contribution in [2.75, 3.05) is 6.61 Å². The lowest BCUT2D eigenvalue weighted by atomic mass is 9.94. The van der Waals surface area contributed by atoms with Crippen LogP contribution in [0.15, 0.2) is 34.9 Å². The van der Waals surface area contributed by atoms with Gasteiger partial charge in [-0.3, -0.25) is 0 Å². The van der Waals surface area contributed by atoms with E-state index in [0.717, 1.165) is 17.0 Å². The molecule has 0 aliphatic carbocycles. The molecular weight excluding hydrogens is 306 g/mol. The maximum absolute atomic E-state index is 12.1. The van der Waals surface area contributed by atoms with Crippen LogP contribution in [-0.4, -0.2) is 23.8 Å². The fourth-order valence-corrected chi connectivity index (χ4v) is 2.81. The topological polar surface area (TPSA) is 76.4 Å². The van der Waals surface area contributed by atoms with E-state index in [0.29, 0.717) is 24.8 Å². The molecular formula is C18H23N3O3.